The molecule has 0 aliphatic heterocycles. The van der Waals surface area contributed by atoms with Crippen molar-refractivity contribution in [3.8, 4) is 11.1 Å². The first-order valence-corrected chi connectivity index (χ1v) is 11.1. The molecule has 4 rings (SSSR count). The second-order valence-corrected chi connectivity index (χ2v) is 9.51. The van der Waals surface area contributed by atoms with Crippen LogP contribution in [-0.2, 0) is 0 Å². The molecule has 0 radical (unpaired) electrons. The van der Waals surface area contributed by atoms with Crippen LogP contribution in [0.15, 0.2) is 64.2 Å². The molecule has 1 aromatic heterocycles. The molecule has 1 unspecified atom stereocenters. The summed E-state index contributed by atoms with van der Waals surface area (Å²) in [6.45, 7) is 8.19. The molecular weight excluding hydrogens is 422 g/mol. The van der Waals surface area contributed by atoms with Crippen LogP contribution in [0.1, 0.15) is 27.7 Å². The highest BCUT2D eigenvalue weighted by Crippen LogP contribution is 2.28. The van der Waals surface area contributed by atoms with Gasteiger partial charge in [-0.15, -0.1) is 0 Å². The van der Waals surface area contributed by atoms with Crippen molar-refractivity contribution in [2.24, 2.45) is 5.41 Å². The fourth-order valence-electron chi connectivity index (χ4n) is 3.02. The summed E-state index contributed by atoms with van der Waals surface area (Å²) < 4.78 is 4.29. The normalized spacial score (nSPS) is 12.5. The zero-order valence-corrected chi connectivity index (χ0v) is 19.2. The minimum Gasteiger partial charge on any atom is -0.377 e. The zero-order valence-electron chi connectivity index (χ0n) is 18.4. The Labute approximate surface area is 190 Å². The third-order valence-corrected chi connectivity index (χ3v) is 6.11. The van der Waals surface area contributed by atoms with E-state index in [0.29, 0.717) is 16.8 Å². The van der Waals surface area contributed by atoms with E-state index in [1.807, 2.05) is 49.4 Å². The molecule has 0 spiro atoms. The van der Waals surface area contributed by atoms with Gasteiger partial charge in [0.05, 0.1) is 0 Å². The largest absolute Gasteiger partial charge is 0.377 e. The van der Waals surface area contributed by atoms with Crippen LogP contribution in [0.3, 0.4) is 0 Å². The van der Waals surface area contributed by atoms with Crippen LogP contribution >= 0.6 is 11.5 Å². The van der Waals surface area contributed by atoms with Crippen LogP contribution < -0.4 is 26.8 Å². The summed E-state index contributed by atoms with van der Waals surface area (Å²) in [6, 6.07) is 18.1. The van der Waals surface area contributed by atoms with Crippen molar-refractivity contribution in [3.05, 3.63) is 75.0 Å². The summed E-state index contributed by atoms with van der Waals surface area (Å²) in [7, 11) is 0. The van der Waals surface area contributed by atoms with Crippen molar-refractivity contribution in [2.75, 3.05) is 16.0 Å². The fraction of sp³-hybridized carbons (Fsp3) is 0.250. The lowest BCUT2D eigenvalue weighted by molar-refractivity contribution is 0.359. The quantitative estimate of drug-likeness (QED) is 0.338. The third-order valence-electron chi connectivity index (χ3n) is 5.48. The third kappa shape index (κ3) is 4.55. The average molecular weight is 448 g/mol. The van der Waals surface area contributed by atoms with E-state index in [-0.39, 0.29) is 17.1 Å². The Morgan fingerprint density at radius 2 is 1.47 bits per heavy atom. The molecule has 0 saturated heterocycles. The lowest BCUT2D eigenvalue weighted by Gasteiger charge is -2.29. The number of anilines is 5. The topological polar surface area (TPSA) is 96.0 Å². The molecule has 164 valence electrons. The minimum absolute atomic E-state index is 0.0110. The van der Waals surface area contributed by atoms with Gasteiger partial charge in [-0.1, -0.05) is 63.2 Å². The van der Waals surface area contributed by atoms with Gasteiger partial charge in [0.1, 0.15) is 11.4 Å². The standard InChI is InChI=1S/C24H25N5O2S/c1-14(24(2,3)4)25-18-19(21(31)20(18)30)27-23-28-22(29-32-23)26-17-12-10-16(11-13-17)15-8-6-5-7-9-15/h5-14,25H,1-4H3,(H2,26,27,28,29). The molecule has 0 bridgehead atoms. The first-order chi connectivity index (χ1) is 15.2. The predicted molar refractivity (Wildman–Crippen MR) is 132 cm³/mol. The Kier molecular flexibility index (Phi) is 5.80. The smallest absolute Gasteiger partial charge is 0.253 e. The Balaban J connectivity index is 1.44. The molecule has 8 heteroatoms. The lowest BCUT2D eigenvalue weighted by Crippen LogP contribution is -2.41. The highest BCUT2D eigenvalue weighted by atomic mass is 32.1. The summed E-state index contributed by atoms with van der Waals surface area (Å²) in [5, 5.41) is 9.71. The number of hydrogen-bond acceptors (Lipinski definition) is 8. The number of aromatic nitrogens is 2. The van der Waals surface area contributed by atoms with Crippen LogP contribution in [0.25, 0.3) is 11.1 Å². The van der Waals surface area contributed by atoms with Gasteiger partial charge in [-0.05, 0) is 35.6 Å². The Morgan fingerprint density at radius 3 is 2.12 bits per heavy atom. The molecule has 4 aromatic rings. The Bertz CT molecular complexity index is 1280. The fourth-order valence-corrected chi connectivity index (χ4v) is 3.55. The van der Waals surface area contributed by atoms with E-state index in [1.54, 1.807) is 0 Å². The van der Waals surface area contributed by atoms with E-state index < -0.39 is 10.9 Å². The molecule has 0 saturated carbocycles. The van der Waals surface area contributed by atoms with Gasteiger partial charge < -0.3 is 16.0 Å². The maximum atomic E-state index is 12.1. The van der Waals surface area contributed by atoms with E-state index in [0.717, 1.165) is 28.3 Å². The van der Waals surface area contributed by atoms with Crippen molar-refractivity contribution >= 4 is 39.7 Å². The van der Waals surface area contributed by atoms with Crippen molar-refractivity contribution in [2.45, 2.75) is 33.7 Å². The van der Waals surface area contributed by atoms with Gasteiger partial charge in [0.15, 0.2) is 0 Å². The first kappa shape index (κ1) is 21.7. The van der Waals surface area contributed by atoms with E-state index in [1.165, 1.54) is 0 Å². The molecule has 0 aliphatic carbocycles. The summed E-state index contributed by atoms with van der Waals surface area (Å²) in [6.07, 6.45) is 0. The molecule has 32 heavy (non-hydrogen) atoms. The van der Waals surface area contributed by atoms with Crippen LogP contribution in [0.4, 0.5) is 28.1 Å². The molecule has 0 amide bonds. The maximum Gasteiger partial charge on any atom is 0.253 e. The van der Waals surface area contributed by atoms with Gasteiger partial charge in [-0.3, -0.25) is 9.59 Å². The summed E-state index contributed by atoms with van der Waals surface area (Å²) >= 11 is 1.12. The van der Waals surface area contributed by atoms with Crippen LogP contribution in [0.2, 0.25) is 0 Å². The van der Waals surface area contributed by atoms with Gasteiger partial charge in [-0.25, -0.2) is 0 Å². The second kappa shape index (κ2) is 8.55. The molecule has 0 fully saturated rings. The number of hydrogen-bond donors (Lipinski definition) is 3. The van der Waals surface area contributed by atoms with Crippen LogP contribution in [0.5, 0.6) is 0 Å². The molecule has 3 N–H and O–H groups in total. The Hall–Kier alpha value is -3.52. The number of benzene rings is 2. The van der Waals surface area contributed by atoms with Gasteiger partial charge in [-0.2, -0.15) is 9.36 Å². The predicted octanol–water partition coefficient (Wildman–Crippen LogP) is 5.13. The summed E-state index contributed by atoms with van der Waals surface area (Å²) in [5.41, 5.74) is 2.54. The van der Waals surface area contributed by atoms with E-state index in [4.69, 9.17) is 0 Å². The maximum absolute atomic E-state index is 12.1. The van der Waals surface area contributed by atoms with Crippen LogP contribution in [0, 0.1) is 5.41 Å². The van der Waals surface area contributed by atoms with Gasteiger partial charge in [0.25, 0.3) is 10.9 Å². The number of rotatable bonds is 7. The van der Waals surface area contributed by atoms with Crippen molar-refractivity contribution < 1.29 is 0 Å². The molecule has 7 nitrogen and oxygen atoms in total. The number of nitrogens with one attached hydrogen (secondary N) is 3. The Morgan fingerprint density at radius 1 is 0.844 bits per heavy atom. The highest BCUT2D eigenvalue weighted by molar-refractivity contribution is 7.10. The van der Waals surface area contributed by atoms with Crippen molar-refractivity contribution in [1.82, 2.24) is 9.36 Å². The zero-order chi connectivity index (χ0) is 22.9. The highest BCUT2D eigenvalue weighted by Gasteiger charge is 2.27. The van der Waals surface area contributed by atoms with E-state index >= 15 is 0 Å². The van der Waals surface area contributed by atoms with Crippen molar-refractivity contribution in [3.63, 3.8) is 0 Å². The molecule has 1 atom stereocenters. The van der Waals surface area contributed by atoms with Gasteiger partial charge >= 0.3 is 0 Å². The lowest BCUT2D eigenvalue weighted by atomic mass is 9.87. The monoisotopic (exact) mass is 447 g/mol. The van der Waals surface area contributed by atoms with Gasteiger partial charge in [0.2, 0.25) is 11.1 Å². The van der Waals surface area contributed by atoms with Crippen molar-refractivity contribution in [1.29, 1.82) is 0 Å². The minimum atomic E-state index is -0.546. The SMILES string of the molecule is CC(Nc1c(Nc2nc(Nc3ccc(-c4ccccc4)cc3)ns2)c(=O)c1=O)C(C)(C)C. The second-order valence-electron chi connectivity index (χ2n) is 8.76. The summed E-state index contributed by atoms with van der Waals surface area (Å²) in [4.78, 5) is 28.5. The first-order valence-electron chi connectivity index (χ1n) is 10.4. The van der Waals surface area contributed by atoms with Gasteiger partial charge in [0, 0.05) is 23.3 Å². The summed E-state index contributed by atoms with van der Waals surface area (Å²) in [5.74, 6) is 0.418. The molecular formula is C24H25N5O2S. The molecule has 3 aromatic carbocycles. The molecule has 0 aliphatic rings. The average Bonchev–Trinajstić information content (AvgIpc) is 3.23. The van der Waals surface area contributed by atoms with E-state index in [9.17, 15) is 9.59 Å². The van der Waals surface area contributed by atoms with Crippen LogP contribution in [-0.4, -0.2) is 15.4 Å². The number of nitrogens with zero attached hydrogens (tertiary/aromatic N) is 2. The molecule has 1 heterocycles. The van der Waals surface area contributed by atoms with E-state index in [2.05, 4.69) is 58.2 Å².